The first-order valence-electron chi connectivity index (χ1n) is 43.6. The van der Waals surface area contributed by atoms with Crippen LogP contribution in [0, 0.1) is 5.92 Å². The van der Waals surface area contributed by atoms with Gasteiger partial charge in [0.15, 0.2) is 12.2 Å². The van der Waals surface area contributed by atoms with Crippen molar-refractivity contribution < 1.29 is 80.2 Å². The third kappa shape index (κ3) is 78.0. The number of ether oxygens (including phenoxy) is 4. The Morgan fingerprint density at radius 1 is 0.262 bits per heavy atom. The first kappa shape index (κ1) is 101. The number of hydrogen-bond acceptors (Lipinski definition) is 15. The molecule has 19 heteroatoms. The predicted octanol–water partition coefficient (Wildman–Crippen LogP) is 25.6. The minimum absolute atomic E-state index is 0.108. The van der Waals surface area contributed by atoms with Crippen molar-refractivity contribution in [2.45, 2.75) is 470 Å². The summed E-state index contributed by atoms with van der Waals surface area (Å²) in [6.07, 6.45) is 69.3. The van der Waals surface area contributed by atoms with Crippen LogP contribution in [-0.2, 0) is 65.4 Å². The summed E-state index contributed by atoms with van der Waals surface area (Å²) in [4.78, 5) is 73.2. The van der Waals surface area contributed by atoms with Crippen LogP contribution in [0.1, 0.15) is 452 Å². The van der Waals surface area contributed by atoms with E-state index in [0.717, 1.165) is 95.8 Å². The van der Waals surface area contributed by atoms with Gasteiger partial charge in [-0.2, -0.15) is 0 Å². The number of unbranched alkanes of at least 4 members (excludes halogenated alkanes) is 56. The second-order valence-electron chi connectivity index (χ2n) is 30.7. The molecule has 0 saturated heterocycles. The molecule has 0 aromatic heterocycles. The summed E-state index contributed by atoms with van der Waals surface area (Å²) in [7, 11) is -9.92. The number of aliphatic hydroxyl groups excluding tert-OH is 1. The number of esters is 4. The van der Waals surface area contributed by atoms with Crippen LogP contribution >= 0.6 is 15.6 Å². The van der Waals surface area contributed by atoms with Gasteiger partial charge >= 0.3 is 39.5 Å². The number of carbonyl (C=O) groups excluding carboxylic acids is 4. The Balaban J connectivity index is 5.25. The molecule has 0 aromatic carbocycles. The lowest BCUT2D eigenvalue weighted by Crippen LogP contribution is -2.30. The average molecular weight is 1510 g/mol. The van der Waals surface area contributed by atoms with E-state index in [1.54, 1.807) is 0 Å². The molecule has 2 unspecified atom stereocenters. The van der Waals surface area contributed by atoms with Gasteiger partial charge in [0.1, 0.15) is 19.3 Å². The van der Waals surface area contributed by atoms with Gasteiger partial charge in [-0.15, -0.1) is 0 Å². The molecule has 612 valence electrons. The lowest BCUT2D eigenvalue weighted by molar-refractivity contribution is -0.161. The van der Waals surface area contributed by atoms with Crippen molar-refractivity contribution in [1.29, 1.82) is 0 Å². The van der Waals surface area contributed by atoms with Gasteiger partial charge in [-0.3, -0.25) is 37.3 Å². The van der Waals surface area contributed by atoms with Crippen LogP contribution < -0.4 is 0 Å². The summed E-state index contributed by atoms with van der Waals surface area (Å²) in [6, 6.07) is 0. The molecule has 0 radical (unpaired) electrons. The lowest BCUT2D eigenvalue weighted by Gasteiger charge is -2.21. The molecule has 0 saturated carbocycles. The maximum absolute atomic E-state index is 13.1. The van der Waals surface area contributed by atoms with Gasteiger partial charge in [-0.25, -0.2) is 9.13 Å². The van der Waals surface area contributed by atoms with Crippen LogP contribution in [0.4, 0.5) is 0 Å². The fourth-order valence-electron chi connectivity index (χ4n) is 13.1. The summed E-state index contributed by atoms with van der Waals surface area (Å²) < 4.78 is 68.9. The second-order valence-corrected chi connectivity index (χ2v) is 33.6. The predicted molar refractivity (Wildman–Crippen MR) is 423 cm³/mol. The van der Waals surface area contributed by atoms with Gasteiger partial charge in [-0.1, -0.05) is 401 Å². The number of aliphatic hydroxyl groups is 1. The molecule has 0 aliphatic heterocycles. The fourth-order valence-corrected chi connectivity index (χ4v) is 14.7. The van der Waals surface area contributed by atoms with Crippen molar-refractivity contribution in [1.82, 2.24) is 0 Å². The molecule has 0 spiro atoms. The summed E-state index contributed by atoms with van der Waals surface area (Å²) in [6.45, 7) is 7.35. The van der Waals surface area contributed by atoms with Gasteiger partial charge in [0, 0.05) is 25.7 Å². The quantitative estimate of drug-likeness (QED) is 0.0222. The molecule has 0 heterocycles. The van der Waals surface area contributed by atoms with E-state index in [2.05, 4.69) is 34.6 Å². The Kier molecular flexibility index (Phi) is 75.4. The van der Waals surface area contributed by atoms with Crippen molar-refractivity contribution >= 4 is 39.5 Å². The Bertz CT molecular complexity index is 1960. The third-order valence-electron chi connectivity index (χ3n) is 19.8. The molecule has 3 N–H and O–H groups in total. The highest BCUT2D eigenvalue weighted by molar-refractivity contribution is 7.47. The van der Waals surface area contributed by atoms with Gasteiger partial charge in [0.2, 0.25) is 0 Å². The Labute approximate surface area is 632 Å². The zero-order chi connectivity index (χ0) is 75.5. The molecular weight excluding hydrogens is 1340 g/mol. The summed E-state index contributed by atoms with van der Waals surface area (Å²) in [5.41, 5.74) is 0. The minimum Gasteiger partial charge on any atom is -0.462 e. The normalized spacial score (nSPS) is 13.8. The lowest BCUT2D eigenvalue weighted by atomic mass is 10.0. The highest BCUT2D eigenvalue weighted by Crippen LogP contribution is 2.45. The second kappa shape index (κ2) is 76.8. The maximum atomic E-state index is 13.1. The SMILES string of the molecule is CCCCCCCCCCCCCCCCCCCCCCC(=O)O[C@H](COC(=O)CCCCCCCCCCCCCCCCCC)COP(=O)(O)OC[C@@H](O)COP(=O)(O)OC[C@@H](COC(=O)CCCCCCCCCCCCC(C)C)OC(=O)CCCCCCCCCCCCCCCC. The zero-order valence-electron chi connectivity index (χ0n) is 67.5. The van der Waals surface area contributed by atoms with E-state index in [4.69, 9.17) is 37.0 Å². The first-order chi connectivity index (χ1) is 50.0. The number of hydrogen-bond donors (Lipinski definition) is 3. The maximum Gasteiger partial charge on any atom is 0.472 e. The van der Waals surface area contributed by atoms with Crippen molar-refractivity contribution in [3.63, 3.8) is 0 Å². The largest absolute Gasteiger partial charge is 0.472 e. The molecule has 103 heavy (non-hydrogen) atoms. The molecule has 5 atom stereocenters. The number of rotatable bonds is 84. The highest BCUT2D eigenvalue weighted by Gasteiger charge is 2.30. The van der Waals surface area contributed by atoms with Gasteiger partial charge in [0.25, 0.3) is 0 Å². The molecule has 0 aromatic rings. The highest BCUT2D eigenvalue weighted by atomic mass is 31.2. The van der Waals surface area contributed by atoms with Crippen molar-refractivity contribution in [3.8, 4) is 0 Å². The van der Waals surface area contributed by atoms with Crippen LogP contribution in [0.3, 0.4) is 0 Å². The molecule has 0 fully saturated rings. The molecule has 0 aliphatic rings. The van der Waals surface area contributed by atoms with Crippen LogP contribution in [0.2, 0.25) is 0 Å². The van der Waals surface area contributed by atoms with E-state index >= 15 is 0 Å². The van der Waals surface area contributed by atoms with Crippen molar-refractivity contribution in [3.05, 3.63) is 0 Å². The standard InChI is InChI=1S/C84H164O17P2/c1-6-9-12-15-18-21-24-27-30-32-33-34-35-37-40-43-50-55-60-65-70-84(89)100-79(73-94-81(86)67-62-57-52-47-41-39-36-31-28-25-22-19-16-13-10-7-2)75-98-102(90,91)96-71-78(85)72-97-103(92,93)99-76-80(74-95-82(87)68-63-58-53-48-45-44-46-51-56-61-66-77(4)5)101-83(88)69-64-59-54-49-42-38-29-26-23-20-17-14-11-8-3/h77-80,85H,6-76H2,1-5H3,(H,90,91)(H,92,93)/t78-,79-,80-/m1/s1. The molecule has 0 bridgehead atoms. The molecule has 0 amide bonds. The fraction of sp³-hybridized carbons (Fsp3) is 0.952. The Morgan fingerprint density at radius 2 is 0.447 bits per heavy atom. The van der Waals surface area contributed by atoms with Crippen LogP contribution in [0.5, 0.6) is 0 Å². The number of phosphoric ester groups is 2. The average Bonchev–Trinajstić information content (AvgIpc) is 0.910. The van der Waals surface area contributed by atoms with E-state index in [1.807, 2.05) is 0 Å². The topological polar surface area (TPSA) is 237 Å². The molecule has 0 rings (SSSR count). The monoisotopic (exact) mass is 1510 g/mol. The Hall–Kier alpha value is -1.94. The van der Waals surface area contributed by atoms with E-state index in [9.17, 15) is 43.2 Å². The zero-order valence-corrected chi connectivity index (χ0v) is 69.3. The van der Waals surface area contributed by atoms with Crippen LogP contribution in [-0.4, -0.2) is 96.7 Å². The smallest absolute Gasteiger partial charge is 0.462 e. The van der Waals surface area contributed by atoms with Gasteiger partial charge in [0.05, 0.1) is 26.4 Å². The van der Waals surface area contributed by atoms with E-state index in [-0.39, 0.29) is 25.7 Å². The minimum atomic E-state index is -4.96. The number of phosphoric acid groups is 2. The van der Waals surface area contributed by atoms with Crippen LogP contribution in [0.25, 0.3) is 0 Å². The van der Waals surface area contributed by atoms with Crippen molar-refractivity contribution in [2.24, 2.45) is 5.92 Å². The summed E-state index contributed by atoms with van der Waals surface area (Å²) in [5, 5.41) is 10.7. The van der Waals surface area contributed by atoms with Gasteiger partial charge < -0.3 is 33.8 Å². The Morgan fingerprint density at radius 3 is 0.660 bits per heavy atom. The van der Waals surface area contributed by atoms with E-state index < -0.39 is 97.5 Å². The third-order valence-corrected chi connectivity index (χ3v) is 21.7. The molecule has 0 aliphatic carbocycles. The van der Waals surface area contributed by atoms with Gasteiger partial charge in [-0.05, 0) is 31.6 Å². The van der Waals surface area contributed by atoms with E-state index in [1.165, 1.54) is 276 Å². The summed E-state index contributed by atoms with van der Waals surface area (Å²) >= 11 is 0. The van der Waals surface area contributed by atoms with Crippen molar-refractivity contribution in [2.75, 3.05) is 39.6 Å². The summed E-state index contributed by atoms with van der Waals surface area (Å²) in [5.74, 6) is -1.34. The first-order valence-corrected chi connectivity index (χ1v) is 46.6. The van der Waals surface area contributed by atoms with Crippen LogP contribution in [0.15, 0.2) is 0 Å². The number of carbonyl (C=O) groups is 4. The molecule has 17 nitrogen and oxygen atoms in total. The molecular formula is C84H164O17P2. The van der Waals surface area contributed by atoms with E-state index in [0.29, 0.717) is 25.7 Å².